The number of carboxylic acid groups (broad SMARTS) is 1. The van der Waals surface area contributed by atoms with Gasteiger partial charge in [-0.15, -0.1) is 0 Å². The predicted molar refractivity (Wildman–Crippen MR) is 238 cm³/mol. The van der Waals surface area contributed by atoms with Gasteiger partial charge in [0, 0.05) is 12.8 Å². The summed E-state index contributed by atoms with van der Waals surface area (Å²) in [6.45, 7) is 0. The van der Waals surface area contributed by atoms with Gasteiger partial charge in [-0.25, -0.2) is 0 Å². The summed E-state index contributed by atoms with van der Waals surface area (Å²) in [5, 5.41) is 8.66. The van der Waals surface area contributed by atoms with Crippen LogP contribution in [0.3, 0.4) is 0 Å². The lowest BCUT2D eigenvalue weighted by Gasteiger charge is -2.05. The van der Waals surface area contributed by atoms with Crippen molar-refractivity contribution in [2.45, 2.75) is 276 Å². The van der Waals surface area contributed by atoms with E-state index in [4.69, 9.17) is 9.84 Å². The molecule has 0 saturated heterocycles. The monoisotopic (exact) mass is 769 g/mol. The quantitative estimate of drug-likeness (QED) is 0.0408. The summed E-state index contributed by atoms with van der Waals surface area (Å²) in [6.07, 6.45) is 57.3. The minimum absolute atomic E-state index is 0.103. The van der Waals surface area contributed by atoms with Gasteiger partial charge in [0.1, 0.15) is 5.75 Å². The Kier molecular flexibility index (Phi) is 40.3. The van der Waals surface area contributed by atoms with Crippen LogP contribution in [0.1, 0.15) is 276 Å². The molecule has 0 aliphatic rings. The molecule has 4 heteroatoms. The van der Waals surface area contributed by atoms with Crippen molar-refractivity contribution in [1.82, 2.24) is 0 Å². The van der Waals surface area contributed by atoms with Crippen LogP contribution in [-0.2, 0) is 9.59 Å². The van der Waals surface area contributed by atoms with Crippen LogP contribution in [0.4, 0.5) is 0 Å². The predicted octanol–water partition coefficient (Wildman–Crippen LogP) is 17.5. The number of rotatable bonds is 45. The fraction of sp³-hybridized carbons (Fsp3) is 0.843. The van der Waals surface area contributed by atoms with Crippen LogP contribution in [0.5, 0.6) is 5.75 Å². The summed E-state index contributed by atoms with van der Waals surface area (Å²) in [5.41, 5.74) is 0. The van der Waals surface area contributed by atoms with E-state index in [0.717, 1.165) is 25.7 Å². The van der Waals surface area contributed by atoms with Crippen molar-refractivity contribution in [3.63, 3.8) is 0 Å². The molecular formula is C51H92O4. The van der Waals surface area contributed by atoms with E-state index in [9.17, 15) is 9.59 Å². The van der Waals surface area contributed by atoms with Crippen LogP contribution < -0.4 is 4.74 Å². The van der Waals surface area contributed by atoms with E-state index in [1.54, 1.807) is 0 Å². The van der Waals surface area contributed by atoms with Gasteiger partial charge in [0.15, 0.2) is 0 Å². The molecule has 1 rings (SSSR count). The molecular weight excluding hydrogens is 677 g/mol. The van der Waals surface area contributed by atoms with E-state index in [2.05, 4.69) is 0 Å². The van der Waals surface area contributed by atoms with Crippen molar-refractivity contribution >= 4 is 11.9 Å². The molecule has 0 aliphatic heterocycles. The first-order chi connectivity index (χ1) is 27.2. The average molecular weight is 769 g/mol. The molecule has 0 atom stereocenters. The first-order valence-electron chi connectivity index (χ1n) is 24.7. The summed E-state index contributed by atoms with van der Waals surface area (Å²) in [5.74, 6) is -0.101. The molecule has 0 aromatic heterocycles. The van der Waals surface area contributed by atoms with Gasteiger partial charge in [0.2, 0.25) is 0 Å². The maximum absolute atomic E-state index is 11.9. The second kappa shape index (κ2) is 43.3. The van der Waals surface area contributed by atoms with Crippen LogP contribution in [0.15, 0.2) is 30.3 Å². The average Bonchev–Trinajstić information content (AvgIpc) is 3.18. The maximum Gasteiger partial charge on any atom is 0.311 e. The zero-order chi connectivity index (χ0) is 39.4. The van der Waals surface area contributed by atoms with Gasteiger partial charge in [-0.2, -0.15) is 0 Å². The number of carboxylic acids is 1. The second-order valence-corrected chi connectivity index (χ2v) is 17.2. The van der Waals surface area contributed by atoms with Crippen molar-refractivity contribution in [2.75, 3.05) is 0 Å². The smallest absolute Gasteiger partial charge is 0.311 e. The Labute approximate surface area is 342 Å². The molecule has 1 aromatic carbocycles. The van der Waals surface area contributed by atoms with Gasteiger partial charge in [-0.1, -0.05) is 269 Å². The van der Waals surface area contributed by atoms with Crippen LogP contribution >= 0.6 is 0 Å². The van der Waals surface area contributed by atoms with E-state index in [0.29, 0.717) is 18.6 Å². The number of para-hydroxylation sites is 1. The Balaban J connectivity index is 1.62. The number of carbonyl (C=O) groups excluding carboxylic acids is 1. The topological polar surface area (TPSA) is 63.6 Å². The van der Waals surface area contributed by atoms with E-state index >= 15 is 0 Å². The number of aliphatic carboxylic acids is 1. The number of ether oxygens (including phenoxy) is 1. The summed E-state index contributed by atoms with van der Waals surface area (Å²) in [6, 6.07) is 9.39. The van der Waals surface area contributed by atoms with Crippen LogP contribution in [0.25, 0.3) is 0 Å². The number of hydrogen-bond acceptors (Lipinski definition) is 3. The molecule has 4 nitrogen and oxygen atoms in total. The number of benzene rings is 1. The lowest BCUT2D eigenvalue weighted by atomic mass is 10.0. The van der Waals surface area contributed by atoms with E-state index < -0.39 is 5.97 Å². The molecule has 0 fully saturated rings. The summed E-state index contributed by atoms with van der Waals surface area (Å²) >= 11 is 0. The Morgan fingerprint density at radius 2 is 0.509 bits per heavy atom. The molecule has 55 heavy (non-hydrogen) atoms. The summed E-state index contributed by atoms with van der Waals surface area (Å²) in [7, 11) is 0. The number of esters is 1. The van der Waals surface area contributed by atoms with Gasteiger partial charge in [-0.05, 0) is 25.0 Å². The minimum Gasteiger partial charge on any atom is -0.481 e. The SMILES string of the molecule is O=C(O)CCCCCCCCCCCCCCCCCCCCCCCCCCCCCCCCCCCCCCCCCCCC(=O)Oc1ccccc1. The Hall–Kier alpha value is -1.84. The van der Waals surface area contributed by atoms with Crippen molar-refractivity contribution in [2.24, 2.45) is 0 Å². The zero-order valence-electron chi connectivity index (χ0n) is 36.5. The maximum atomic E-state index is 11.9. The highest BCUT2D eigenvalue weighted by molar-refractivity contribution is 5.72. The van der Waals surface area contributed by atoms with E-state index in [1.807, 2.05) is 30.3 Å². The van der Waals surface area contributed by atoms with Crippen molar-refractivity contribution in [3.05, 3.63) is 30.3 Å². The Morgan fingerprint density at radius 1 is 0.309 bits per heavy atom. The fourth-order valence-electron chi connectivity index (χ4n) is 8.11. The minimum atomic E-state index is -0.650. The molecule has 0 unspecified atom stereocenters. The Bertz CT molecular complexity index is 915. The number of unbranched alkanes of at least 4 members (excludes halogenated alkanes) is 40. The van der Waals surface area contributed by atoms with Gasteiger partial charge in [0.05, 0.1) is 0 Å². The third-order valence-electron chi connectivity index (χ3n) is 11.7. The molecule has 320 valence electrons. The zero-order valence-corrected chi connectivity index (χ0v) is 36.5. The lowest BCUT2D eigenvalue weighted by molar-refractivity contribution is -0.137. The molecule has 1 aromatic rings. The highest BCUT2D eigenvalue weighted by Gasteiger charge is 2.04. The van der Waals surface area contributed by atoms with Gasteiger partial charge in [0.25, 0.3) is 0 Å². The molecule has 0 heterocycles. The lowest BCUT2D eigenvalue weighted by Crippen LogP contribution is -2.07. The molecule has 0 amide bonds. The van der Waals surface area contributed by atoms with Crippen LogP contribution in [-0.4, -0.2) is 17.0 Å². The molecule has 0 bridgehead atoms. The van der Waals surface area contributed by atoms with Crippen LogP contribution in [0.2, 0.25) is 0 Å². The highest BCUT2D eigenvalue weighted by atomic mass is 16.5. The first-order valence-corrected chi connectivity index (χ1v) is 24.7. The third-order valence-corrected chi connectivity index (χ3v) is 11.7. The fourth-order valence-corrected chi connectivity index (χ4v) is 8.11. The molecule has 0 spiro atoms. The highest BCUT2D eigenvalue weighted by Crippen LogP contribution is 2.18. The van der Waals surface area contributed by atoms with Crippen molar-refractivity contribution < 1.29 is 19.4 Å². The number of hydrogen-bond donors (Lipinski definition) is 1. The van der Waals surface area contributed by atoms with E-state index in [-0.39, 0.29) is 5.97 Å². The molecule has 1 N–H and O–H groups in total. The summed E-state index contributed by atoms with van der Waals surface area (Å²) < 4.78 is 5.35. The third kappa shape index (κ3) is 41.6. The Morgan fingerprint density at radius 3 is 0.727 bits per heavy atom. The molecule has 0 aliphatic carbocycles. The normalized spacial score (nSPS) is 11.3. The van der Waals surface area contributed by atoms with Gasteiger partial charge < -0.3 is 9.84 Å². The standard InChI is InChI=1S/C51H92O4/c52-50(53)47-43-38-36-34-32-30-28-26-24-22-20-18-16-14-12-10-8-6-4-2-1-3-5-7-9-11-13-15-17-19-21-23-25-27-29-31-33-35-37-39-44-48-51(54)55-49-45-41-40-42-46-49/h40-42,45-46H,1-39,43-44,47-48H2,(H,52,53). The van der Waals surface area contributed by atoms with Gasteiger partial charge >= 0.3 is 11.9 Å². The van der Waals surface area contributed by atoms with Crippen LogP contribution in [0, 0.1) is 0 Å². The number of carbonyl (C=O) groups is 2. The van der Waals surface area contributed by atoms with E-state index in [1.165, 1.54) is 238 Å². The second-order valence-electron chi connectivity index (χ2n) is 17.2. The molecule has 0 radical (unpaired) electrons. The molecule has 0 saturated carbocycles. The van der Waals surface area contributed by atoms with Gasteiger partial charge in [-0.3, -0.25) is 9.59 Å². The first kappa shape index (κ1) is 51.2. The largest absolute Gasteiger partial charge is 0.481 e. The van der Waals surface area contributed by atoms with Crippen molar-refractivity contribution in [1.29, 1.82) is 0 Å². The van der Waals surface area contributed by atoms with Crippen molar-refractivity contribution in [3.8, 4) is 5.75 Å². The summed E-state index contributed by atoms with van der Waals surface area (Å²) in [4.78, 5) is 22.4.